The zero-order chi connectivity index (χ0) is 85.8. The molecule has 8 heterocycles. The summed E-state index contributed by atoms with van der Waals surface area (Å²) in [7, 11) is 0. The molecule has 1 aliphatic rings. The van der Waals surface area contributed by atoms with Gasteiger partial charge in [-0.1, -0.05) is 194 Å². The van der Waals surface area contributed by atoms with Crippen LogP contribution in [0.2, 0.25) is 0 Å². The molecule has 8 aromatic heterocycles. The first-order chi connectivity index (χ1) is 62.2. The van der Waals surface area contributed by atoms with Crippen LogP contribution >= 0.6 is 11.6 Å². The van der Waals surface area contributed by atoms with Crippen LogP contribution in [0.5, 0.6) is 0 Å². The van der Waals surface area contributed by atoms with Gasteiger partial charge in [-0.3, -0.25) is 23.4 Å². The molecule has 1 aliphatic carbocycles. The van der Waals surface area contributed by atoms with Crippen molar-refractivity contribution < 1.29 is 47.6 Å². The van der Waals surface area contributed by atoms with Crippen LogP contribution in [0.15, 0.2) is 365 Å². The Balaban J connectivity index is 0.000000131. The third-order valence-corrected chi connectivity index (χ3v) is 19.5. The first kappa shape index (κ1) is 83.2. The largest absolute Gasteiger partial charge is 1.00 e. The molecule has 0 fully saturated rings. The number of aromatic amines is 2. The van der Waals surface area contributed by atoms with Gasteiger partial charge in [0.15, 0.2) is 46.5 Å². The Morgan fingerprint density at radius 1 is 0.331 bits per heavy atom. The number of nitrogens with zero attached hydrogens (tertiary/aromatic N) is 25. The van der Waals surface area contributed by atoms with E-state index in [-0.39, 0.29) is 29.6 Å². The van der Waals surface area contributed by atoms with Gasteiger partial charge < -0.3 is 24.3 Å². The standard InChI is InChI=1S/C29H19N9O.C29H18N9O.C29H18N6O.C7H5ClO.N3.Na/c2*1-3-7-20(8-4-1)26-32-33-27(38(26)24-17-15-19(16-18-24)25-30-36-37-31-25)21-11-13-23(14-12-21)29-35-34-28(39-29)22-9-5-2-6-10-22;1-30-24-16-18-25(19-17-24)35-26(20-8-4-2-5-9-20)31-32-27(35)21-12-14-23(15-13-21)29-34-33-28(36-29)22-10-6-3-7-11-22;8-7(9)6-4-2-1-3-5-6;1-3-2;/h1-18H,(H,30,31,36,37);1-3,5-18H,(H,30,31,36,37);2-19H;1-5H;;/q;+1;;;-1;+1. The number of aromatic nitrogens is 23. The van der Waals surface area contributed by atoms with Crippen LogP contribution in [-0.2, 0) is 0 Å². The van der Waals surface area contributed by atoms with Gasteiger partial charge in [0.05, 0.1) is 18.3 Å². The van der Waals surface area contributed by atoms with Gasteiger partial charge in [-0.15, -0.1) is 71.4 Å². The normalized spacial score (nSPS) is 10.9. The molecule has 31 nitrogen and oxygen atoms in total. The van der Waals surface area contributed by atoms with Gasteiger partial charge in [-0.05, 0) is 166 Å². The van der Waals surface area contributed by atoms with E-state index in [4.69, 9.17) is 42.5 Å². The Morgan fingerprint density at radius 2 is 0.591 bits per heavy atom. The first-order valence-corrected chi connectivity index (χ1v) is 38.9. The molecular weight excluding hydrogens is 1630 g/mol. The number of H-pyrrole nitrogens is 2. The van der Waals surface area contributed by atoms with Crippen molar-refractivity contribution in [3.05, 3.63) is 397 Å². The minimum absolute atomic E-state index is 0. The zero-order valence-corrected chi connectivity index (χ0v) is 69.4. The molecule has 602 valence electrons. The van der Waals surface area contributed by atoms with Gasteiger partial charge in [0.1, 0.15) is 17.7 Å². The maximum atomic E-state index is 10.4. The number of benzene rings is 12. The molecule has 0 aliphatic heterocycles. The molecule has 0 unspecified atom stereocenters. The number of hydrogen-bond acceptors (Lipinski definition) is 22. The van der Waals surface area contributed by atoms with Crippen molar-refractivity contribution >= 4 is 28.1 Å². The van der Waals surface area contributed by atoms with E-state index in [0.717, 1.165) is 107 Å². The second kappa shape index (κ2) is 39.8. The van der Waals surface area contributed by atoms with Gasteiger partial charge in [-0.2, -0.15) is 0 Å². The third-order valence-electron chi connectivity index (χ3n) is 19.3. The van der Waals surface area contributed by atoms with Crippen LogP contribution in [0.4, 0.5) is 5.69 Å². The number of carbonyl (C=O) groups is 1. The summed E-state index contributed by atoms with van der Waals surface area (Å²) in [6.07, 6.45) is 10.8. The second-order valence-electron chi connectivity index (χ2n) is 27.1. The average molecular weight is 1690 g/mol. The fourth-order valence-corrected chi connectivity index (χ4v) is 13.3. The smallest absolute Gasteiger partial charge is 0.416 e. The molecule has 0 atom stereocenters. The Bertz CT molecular complexity index is 7210. The van der Waals surface area contributed by atoms with E-state index in [2.05, 4.69) is 113 Å². The fraction of sp³-hybridized carbons (Fsp3) is 0. The molecule has 12 aromatic carbocycles. The number of carbonyl (C=O) groups excluding carboxylic acids is 1. The zero-order valence-electron chi connectivity index (χ0n) is 66.7. The van der Waals surface area contributed by atoms with E-state index >= 15 is 0 Å². The number of nitrogens with one attached hydrogen (secondary N) is 2. The summed E-state index contributed by atoms with van der Waals surface area (Å²) >= 11 is 5.16. The van der Waals surface area contributed by atoms with Crippen LogP contribution in [0.1, 0.15) is 16.2 Å². The Morgan fingerprint density at radius 3 is 0.866 bits per heavy atom. The topological polar surface area (TPSA) is 398 Å². The minimum atomic E-state index is -0.407. The van der Waals surface area contributed by atoms with Gasteiger partial charge in [-0.25, -0.2) is 15.0 Å². The Hall–Kier alpha value is -17.5. The second-order valence-corrected chi connectivity index (χ2v) is 27.4. The number of rotatable bonds is 18. The summed E-state index contributed by atoms with van der Waals surface area (Å²) in [5.74, 6) is 8.18. The number of tetrazole rings is 2. The minimum Gasteiger partial charge on any atom is -0.416 e. The molecule has 21 rings (SSSR count). The Labute approximate surface area is 748 Å². The van der Waals surface area contributed by atoms with E-state index < -0.39 is 5.24 Å². The van der Waals surface area contributed by atoms with Crippen molar-refractivity contribution in [2.24, 2.45) is 0 Å². The van der Waals surface area contributed by atoms with Crippen LogP contribution in [0.25, 0.3) is 192 Å². The van der Waals surface area contributed by atoms with Gasteiger partial charge in [0.25, 0.3) is 5.24 Å². The third kappa shape index (κ3) is 19.3. The summed E-state index contributed by atoms with van der Waals surface area (Å²) in [5.41, 5.74) is 29.5. The summed E-state index contributed by atoms with van der Waals surface area (Å²) in [4.78, 5) is 15.4. The van der Waals surface area contributed by atoms with E-state index in [1.807, 2.05) is 329 Å². The predicted molar refractivity (Wildman–Crippen MR) is 472 cm³/mol. The van der Waals surface area contributed by atoms with E-state index in [9.17, 15) is 4.79 Å². The van der Waals surface area contributed by atoms with Crippen LogP contribution in [0, 0.1) is 12.6 Å². The molecule has 0 saturated carbocycles. The molecule has 0 amide bonds. The summed E-state index contributed by atoms with van der Waals surface area (Å²) in [5, 5.41) is 80.4. The number of allylic oxidation sites excluding steroid dienone is 6. The summed E-state index contributed by atoms with van der Waals surface area (Å²) in [6, 6.07) is 104. The monoisotopic (exact) mass is 1690 g/mol. The predicted octanol–water partition coefficient (Wildman–Crippen LogP) is 17.4. The van der Waals surface area contributed by atoms with E-state index in [0.29, 0.717) is 81.5 Å². The average Bonchev–Trinajstić information content (AvgIpc) is 1.65. The van der Waals surface area contributed by atoms with Crippen molar-refractivity contribution in [1.29, 1.82) is 0 Å². The van der Waals surface area contributed by atoms with Gasteiger partial charge in [0.2, 0.25) is 41.2 Å². The van der Waals surface area contributed by atoms with E-state index in [1.54, 1.807) is 36.4 Å². The molecule has 33 heteroatoms. The molecular formula is C94H60ClN27NaO4+. The quantitative estimate of drug-likeness (QED) is 0.0201. The van der Waals surface area contributed by atoms with Crippen molar-refractivity contribution in [1.82, 2.24) is 116 Å². The van der Waals surface area contributed by atoms with Crippen LogP contribution in [0.3, 0.4) is 0 Å². The van der Waals surface area contributed by atoms with E-state index in [1.165, 1.54) is 4.91 Å². The summed E-state index contributed by atoms with van der Waals surface area (Å²) in [6.45, 7) is 7.26. The molecule has 0 spiro atoms. The number of hydrogen-bond donors (Lipinski definition) is 2. The van der Waals surface area contributed by atoms with Gasteiger partial charge in [0, 0.05) is 101 Å². The molecule has 2 N–H and O–H groups in total. The maximum absolute atomic E-state index is 10.4. The first-order valence-electron chi connectivity index (χ1n) is 38.5. The van der Waals surface area contributed by atoms with Crippen molar-refractivity contribution in [2.45, 2.75) is 0 Å². The van der Waals surface area contributed by atoms with Crippen molar-refractivity contribution in [2.75, 3.05) is 0 Å². The maximum Gasteiger partial charge on any atom is 1.00 e. The van der Waals surface area contributed by atoms with Crippen LogP contribution in [-0.4, -0.2) is 121 Å². The molecule has 20 aromatic rings. The molecule has 0 radical (unpaired) electrons. The Kier molecular flexibility index (Phi) is 26.1. The van der Waals surface area contributed by atoms with Crippen LogP contribution < -0.4 is 29.6 Å². The molecule has 127 heavy (non-hydrogen) atoms. The molecule has 0 saturated heterocycles. The van der Waals surface area contributed by atoms with Gasteiger partial charge >= 0.3 is 29.6 Å². The SMILES string of the molecule is O=C(Cl)c1ccccc1.[C+]1=CC(c2nnc(-c3ccc(-c4nnc(-c5ccccc5)o4)cc3)n2-c2ccc(-c3nnn[nH]3)cc2)=CC=C1.[C-]#[N+]c1ccc(-n2c(-c3ccccc3)nnc2-c2ccc(-c3nnc(-c4ccccc4)o3)cc2)cc1.[N-]=[N+]=[N-].[Na+].c1ccc(-c2nnc(-c3ccc(-c4nnc(-c5ccccc5)n4-c4ccc(-c5nnn[nH]5)cc4)cc3)o2)cc1. The number of halogens is 1. The summed E-state index contributed by atoms with van der Waals surface area (Å²) < 4.78 is 23.8. The fourth-order valence-electron chi connectivity index (χ4n) is 13.2. The molecule has 0 bridgehead atoms. The van der Waals surface area contributed by atoms with Crippen molar-refractivity contribution in [3.63, 3.8) is 0 Å². The van der Waals surface area contributed by atoms with Crippen molar-refractivity contribution in [3.8, 4) is 166 Å².